The molecule has 12 heteroatoms. The molecule has 2 rings (SSSR count). The summed E-state index contributed by atoms with van der Waals surface area (Å²) in [6, 6.07) is 3.15. The van der Waals surface area contributed by atoms with Crippen LogP contribution in [0.4, 0.5) is 4.39 Å². The molecule has 10 nitrogen and oxygen atoms in total. The summed E-state index contributed by atoms with van der Waals surface area (Å²) in [5, 5.41) is 11.6. The predicted octanol–water partition coefficient (Wildman–Crippen LogP) is 1.49. The molecule has 0 amide bonds. The molecule has 0 radical (unpaired) electrons. The Kier molecular flexibility index (Phi) is 6.50. The van der Waals surface area contributed by atoms with E-state index >= 15 is 0 Å². The molecule has 5 atom stereocenters. The average Bonchev–Trinajstić information content (AvgIpc) is 2.87. The van der Waals surface area contributed by atoms with Crippen molar-refractivity contribution in [1.82, 2.24) is 0 Å². The van der Waals surface area contributed by atoms with Crippen molar-refractivity contribution in [3.63, 3.8) is 0 Å². The summed E-state index contributed by atoms with van der Waals surface area (Å²) in [4.78, 5) is 47.7. The molecule has 1 aromatic rings. The monoisotopic (exact) mass is 524 g/mol. The Morgan fingerprint density at radius 3 is 2.25 bits per heavy atom. The Hall–Kier alpha value is -2.57. The number of ether oxygens (including phenoxy) is 5. The van der Waals surface area contributed by atoms with Crippen molar-refractivity contribution < 1.29 is 57.8 Å². The Morgan fingerprint density at radius 2 is 1.66 bits per heavy atom. The van der Waals surface area contributed by atoms with Gasteiger partial charge in [-0.05, 0) is 28.1 Å². The number of benzene rings is 1. The van der Waals surface area contributed by atoms with Gasteiger partial charge in [-0.15, -0.1) is 0 Å². The van der Waals surface area contributed by atoms with Crippen molar-refractivity contribution >= 4 is 39.8 Å². The van der Waals surface area contributed by atoms with Gasteiger partial charge in [0, 0.05) is 38.6 Å². The lowest BCUT2D eigenvalue weighted by Gasteiger charge is -2.48. The van der Waals surface area contributed by atoms with E-state index < -0.39 is 94.1 Å². The van der Waals surface area contributed by atoms with Crippen molar-refractivity contribution in [2.24, 2.45) is 0 Å². The van der Waals surface area contributed by atoms with Crippen LogP contribution in [0.5, 0.6) is 0 Å². The molecule has 1 fully saturated rings. The van der Waals surface area contributed by atoms with Crippen LogP contribution in [0.1, 0.15) is 38.6 Å². The third-order valence-electron chi connectivity index (χ3n) is 4.24. The van der Waals surface area contributed by atoms with Crippen molar-refractivity contribution in [2.75, 3.05) is 6.61 Å². The number of rotatable bonds is 6. The molecular weight excluding hydrogens is 499 g/mol. The van der Waals surface area contributed by atoms with Crippen LogP contribution in [0.15, 0.2) is 22.7 Å². The quantitative estimate of drug-likeness (QED) is 0.430. The van der Waals surface area contributed by atoms with E-state index in [0.717, 1.165) is 6.07 Å². The van der Waals surface area contributed by atoms with E-state index in [1.54, 1.807) is 0 Å². The summed E-state index contributed by atoms with van der Waals surface area (Å²) in [7, 11) is 0. The van der Waals surface area contributed by atoms with Gasteiger partial charge in [0.1, 0.15) is 18.5 Å². The number of aliphatic hydroxyl groups is 1. The number of esters is 4. The summed E-state index contributed by atoms with van der Waals surface area (Å²) < 4.78 is 69.1. The van der Waals surface area contributed by atoms with Gasteiger partial charge in [-0.25, -0.2) is 4.39 Å². The molecule has 0 spiro atoms. The molecule has 1 aromatic carbocycles. The topological polar surface area (TPSA) is 135 Å². The SMILES string of the molecule is [2H]CC(=O)OC[C@H]1OC(O)(c2ccc(Br)c(F)c2)[C@H](OC(=O)C[2H])[C@@H](OC(=O)C[2H])[C@@H]1OC(=O)C[2H]. The predicted molar refractivity (Wildman–Crippen MR) is 106 cm³/mol. The van der Waals surface area contributed by atoms with E-state index in [1.807, 2.05) is 0 Å². The molecule has 1 saturated heterocycles. The maximum atomic E-state index is 14.4. The smallest absolute Gasteiger partial charge is 0.303 e. The van der Waals surface area contributed by atoms with Gasteiger partial charge in [0.05, 0.1) is 4.47 Å². The second kappa shape index (κ2) is 10.4. The van der Waals surface area contributed by atoms with E-state index in [4.69, 9.17) is 29.2 Å². The molecule has 176 valence electrons. The highest BCUT2D eigenvalue weighted by atomic mass is 79.9. The van der Waals surface area contributed by atoms with Gasteiger partial charge >= 0.3 is 23.9 Å². The second-order valence-electron chi connectivity index (χ2n) is 6.48. The van der Waals surface area contributed by atoms with Crippen LogP contribution in [0.25, 0.3) is 0 Å². The van der Waals surface area contributed by atoms with Gasteiger partial charge in [0.2, 0.25) is 11.9 Å². The maximum Gasteiger partial charge on any atom is 0.303 e. The lowest BCUT2D eigenvalue weighted by Crippen LogP contribution is -2.66. The van der Waals surface area contributed by atoms with E-state index in [-0.39, 0.29) is 10.0 Å². The van der Waals surface area contributed by atoms with E-state index in [9.17, 15) is 28.7 Å². The highest BCUT2D eigenvalue weighted by molar-refractivity contribution is 9.10. The van der Waals surface area contributed by atoms with Gasteiger partial charge in [-0.1, -0.05) is 6.07 Å². The number of halogens is 2. The zero-order chi connectivity index (χ0) is 27.0. The summed E-state index contributed by atoms with van der Waals surface area (Å²) in [5.74, 6) is -8.36. The van der Waals surface area contributed by atoms with Crippen LogP contribution in [0, 0.1) is 5.82 Å². The molecule has 32 heavy (non-hydrogen) atoms. The Labute approximate surface area is 196 Å². The zero-order valence-corrected chi connectivity index (χ0v) is 18.0. The highest BCUT2D eigenvalue weighted by Gasteiger charge is 2.60. The summed E-state index contributed by atoms with van der Waals surface area (Å²) in [6.07, 6.45) is -7.40. The van der Waals surface area contributed by atoms with Gasteiger partial charge < -0.3 is 28.8 Å². The average molecular weight is 525 g/mol. The number of carbonyl (C=O) groups is 4. The molecule has 0 aromatic heterocycles. The third-order valence-corrected chi connectivity index (χ3v) is 4.88. The fraction of sp³-hybridized carbons (Fsp3) is 0.500. The van der Waals surface area contributed by atoms with Crippen molar-refractivity contribution in [2.45, 2.75) is 57.8 Å². The third kappa shape index (κ3) is 6.02. The van der Waals surface area contributed by atoms with Gasteiger partial charge in [0.15, 0.2) is 12.2 Å². The van der Waals surface area contributed by atoms with Crippen molar-refractivity contribution in [3.05, 3.63) is 34.1 Å². The highest BCUT2D eigenvalue weighted by Crippen LogP contribution is 2.41. The first-order valence-corrected chi connectivity index (χ1v) is 9.56. The van der Waals surface area contributed by atoms with Gasteiger partial charge in [-0.2, -0.15) is 0 Å². The van der Waals surface area contributed by atoms with Crippen molar-refractivity contribution in [3.8, 4) is 0 Å². The van der Waals surface area contributed by atoms with Crippen LogP contribution >= 0.6 is 15.9 Å². The number of hydrogen-bond donors (Lipinski definition) is 1. The zero-order valence-electron chi connectivity index (χ0n) is 20.5. The Bertz CT molecular complexity index is 986. The summed E-state index contributed by atoms with van der Waals surface area (Å²) in [5.41, 5.74) is -0.361. The number of hydrogen-bond acceptors (Lipinski definition) is 10. The Balaban J connectivity index is 2.69. The molecule has 1 unspecified atom stereocenters. The standard InChI is InChI=1S/C20H22BrFO10/c1-9(23)28-8-16-17(29-10(2)24)18(30-11(3)25)19(31-12(4)26)20(27,32-16)13-5-6-14(21)15(22)7-13/h5-7,16-19,27H,8H2,1-4H3/t16-,17-,18+,19-,20?/m1/s1/i1D,2D,3D,4D. The van der Waals surface area contributed by atoms with Crippen LogP contribution in [0.2, 0.25) is 0 Å². The maximum absolute atomic E-state index is 14.4. The first-order chi connectivity index (χ1) is 17.0. The summed E-state index contributed by atoms with van der Waals surface area (Å²) in [6.45, 7) is -4.38. The first-order valence-electron chi connectivity index (χ1n) is 11.6. The molecule has 1 heterocycles. The first kappa shape index (κ1) is 20.1. The minimum absolute atomic E-state index is 0.00859. The fourth-order valence-corrected chi connectivity index (χ4v) is 3.34. The lowest BCUT2D eigenvalue weighted by atomic mass is 9.87. The summed E-state index contributed by atoms with van der Waals surface area (Å²) >= 11 is 2.95. The molecule has 1 N–H and O–H groups in total. The molecule has 0 aliphatic carbocycles. The van der Waals surface area contributed by atoms with E-state index in [2.05, 4.69) is 15.9 Å². The molecular formula is C20H22BrFO10. The van der Waals surface area contributed by atoms with Crippen LogP contribution in [-0.4, -0.2) is 60.0 Å². The van der Waals surface area contributed by atoms with E-state index in [1.165, 1.54) is 12.1 Å². The lowest BCUT2D eigenvalue weighted by molar-refractivity contribution is -0.360. The van der Waals surface area contributed by atoms with Crippen LogP contribution in [-0.2, 0) is 48.6 Å². The van der Waals surface area contributed by atoms with Crippen molar-refractivity contribution in [1.29, 1.82) is 0 Å². The minimum Gasteiger partial charge on any atom is -0.463 e. The van der Waals surface area contributed by atoms with Gasteiger partial charge in [0.25, 0.3) is 0 Å². The van der Waals surface area contributed by atoms with Crippen LogP contribution in [0.3, 0.4) is 0 Å². The van der Waals surface area contributed by atoms with E-state index in [0.29, 0.717) is 0 Å². The van der Waals surface area contributed by atoms with Crippen LogP contribution < -0.4 is 0 Å². The Morgan fingerprint density at radius 1 is 1.06 bits per heavy atom. The second-order valence-corrected chi connectivity index (χ2v) is 7.34. The molecule has 0 saturated carbocycles. The molecule has 0 bridgehead atoms. The normalized spacial score (nSPS) is 28.8. The molecule has 1 aliphatic heterocycles. The largest absolute Gasteiger partial charge is 0.463 e. The van der Waals surface area contributed by atoms with Gasteiger partial charge in [-0.3, -0.25) is 19.2 Å². The minimum atomic E-state index is -2.82. The fourth-order valence-electron chi connectivity index (χ4n) is 3.09. The number of carbonyl (C=O) groups excluding carboxylic acids is 4. The molecule has 1 aliphatic rings.